The number of pyridine rings is 1. The van der Waals surface area contributed by atoms with Gasteiger partial charge in [-0.1, -0.05) is 12.1 Å². The smallest absolute Gasteiger partial charge is 0.319 e. The van der Waals surface area contributed by atoms with Gasteiger partial charge >= 0.3 is 6.03 Å². The Balaban J connectivity index is 1.14. The van der Waals surface area contributed by atoms with Crippen LogP contribution >= 0.6 is 0 Å². The van der Waals surface area contributed by atoms with Gasteiger partial charge in [0.2, 0.25) is 0 Å². The van der Waals surface area contributed by atoms with Crippen LogP contribution in [0.3, 0.4) is 0 Å². The largest absolute Gasteiger partial charge is 0.376 e. The van der Waals surface area contributed by atoms with E-state index in [4.69, 9.17) is 9.47 Å². The first-order valence-corrected chi connectivity index (χ1v) is 12.2. The molecule has 0 saturated carbocycles. The lowest BCUT2D eigenvalue weighted by atomic mass is 10.0. The SMILES string of the molecule is O=C(Nc1cccc(COCC2CCCCO2)c1)NC1CCN(CCc2ccncc2)CC1. The quantitative estimate of drug-likeness (QED) is 0.602. The molecule has 2 fully saturated rings. The lowest BCUT2D eigenvalue weighted by molar-refractivity contribution is -0.0447. The minimum absolute atomic E-state index is 0.140. The van der Waals surface area contributed by atoms with Gasteiger partial charge in [-0.25, -0.2) is 4.79 Å². The third kappa shape index (κ3) is 8.11. The Morgan fingerprint density at radius 1 is 1.09 bits per heavy atom. The summed E-state index contributed by atoms with van der Waals surface area (Å²) in [5, 5.41) is 6.11. The van der Waals surface area contributed by atoms with Gasteiger partial charge in [-0.15, -0.1) is 0 Å². The first-order chi connectivity index (χ1) is 16.2. The van der Waals surface area contributed by atoms with Crippen LogP contribution in [0.5, 0.6) is 0 Å². The molecule has 33 heavy (non-hydrogen) atoms. The standard InChI is InChI=1S/C26H36N4O3/c31-26(28-23-10-15-30(16-11-23)14-9-21-7-12-27-13-8-21)29-24-5-3-4-22(18-24)19-32-20-25-6-1-2-17-33-25/h3-5,7-8,12-13,18,23,25H,1-2,6,9-11,14-17,19-20H2,(H2,28,29,31). The number of urea groups is 1. The van der Waals surface area contributed by atoms with Gasteiger partial charge in [0.05, 0.1) is 19.3 Å². The van der Waals surface area contributed by atoms with Crippen molar-refractivity contribution in [1.82, 2.24) is 15.2 Å². The summed E-state index contributed by atoms with van der Waals surface area (Å²) in [5.41, 5.74) is 3.16. The lowest BCUT2D eigenvalue weighted by Gasteiger charge is -2.32. The number of aromatic nitrogens is 1. The molecule has 0 bridgehead atoms. The number of carbonyl (C=O) groups is 1. The molecular formula is C26H36N4O3. The molecule has 1 aromatic carbocycles. The fourth-order valence-electron chi connectivity index (χ4n) is 4.48. The van der Waals surface area contributed by atoms with E-state index in [2.05, 4.69) is 32.7 Å². The summed E-state index contributed by atoms with van der Waals surface area (Å²) in [6.07, 6.45) is 10.3. The predicted octanol–water partition coefficient (Wildman–Crippen LogP) is 4.00. The van der Waals surface area contributed by atoms with Crippen LogP contribution < -0.4 is 10.6 Å². The number of hydrogen-bond acceptors (Lipinski definition) is 5. The van der Waals surface area contributed by atoms with E-state index in [1.54, 1.807) is 0 Å². The summed E-state index contributed by atoms with van der Waals surface area (Å²) >= 11 is 0. The van der Waals surface area contributed by atoms with Gasteiger partial charge in [0.15, 0.2) is 0 Å². The van der Waals surface area contributed by atoms with Crippen molar-refractivity contribution < 1.29 is 14.3 Å². The van der Waals surface area contributed by atoms with Crippen molar-refractivity contribution in [2.45, 2.75) is 57.3 Å². The second kappa shape index (κ2) is 12.7. The summed E-state index contributed by atoms with van der Waals surface area (Å²) in [4.78, 5) is 19.1. The van der Waals surface area contributed by atoms with E-state index < -0.39 is 0 Å². The van der Waals surface area contributed by atoms with Gasteiger partial charge in [-0.3, -0.25) is 4.98 Å². The second-order valence-electron chi connectivity index (χ2n) is 9.02. The van der Waals surface area contributed by atoms with Gasteiger partial charge in [0.25, 0.3) is 0 Å². The molecule has 0 spiro atoms. The van der Waals surface area contributed by atoms with E-state index in [0.29, 0.717) is 13.2 Å². The number of nitrogens with one attached hydrogen (secondary N) is 2. The minimum atomic E-state index is -0.140. The molecule has 0 aliphatic carbocycles. The number of ether oxygens (including phenoxy) is 2. The number of benzene rings is 1. The Bertz CT molecular complexity index is 850. The monoisotopic (exact) mass is 452 g/mol. The Kier molecular flexibility index (Phi) is 9.09. The molecule has 2 amide bonds. The fourth-order valence-corrected chi connectivity index (χ4v) is 4.48. The molecule has 1 aromatic heterocycles. The maximum Gasteiger partial charge on any atom is 0.319 e. The number of piperidine rings is 1. The van der Waals surface area contributed by atoms with Gasteiger partial charge in [0, 0.05) is 50.4 Å². The molecule has 2 N–H and O–H groups in total. The average Bonchev–Trinajstić information content (AvgIpc) is 2.85. The summed E-state index contributed by atoms with van der Waals surface area (Å²) in [7, 11) is 0. The number of rotatable bonds is 9. The number of carbonyl (C=O) groups excluding carboxylic acids is 1. The zero-order valence-electron chi connectivity index (χ0n) is 19.4. The van der Waals surface area contributed by atoms with E-state index in [-0.39, 0.29) is 18.2 Å². The highest BCUT2D eigenvalue weighted by atomic mass is 16.5. The molecule has 2 aliphatic rings. The summed E-state index contributed by atoms with van der Waals surface area (Å²) in [6, 6.07) is 12.1. The maximum atomic E-state index is 12.5. The maximum absolute atomic E-state index is 12.5. The third-order valence-electron chi connectivity index (χ3n) is 6.42. The molecule has 4 rings (SSSR count). The normalized spacial score (nSPS) is 19.8. The molecule has 2 aliphatic heterocycles. The van der Waals surface area contributed by atoms with Crippen LogP contribution in [0.4, 0.5) is 10.5 Å². The van der Waals surface area contributed by atoms with Crippen LogP contribution in [0.1, 0.15) is 43.2 Å². The molecule has 2 saturated heterocycles. The highest BCUT2D eigenvalue weighted by Crippen LogP contribution is 2.16. The molecule has 1 atom stereocenters. The highest BCUT2D eigenvalue weighted by molar-refractivity contribution is 5.89. The van der Waals surface area contributed by atoms with Gasteiger partial charge in [0.1, 0.15) is 0 Å². The summed E-state index contributed by atoms with van der Waals surface area (Å²) < 4.78 is 11.5. The number of amides is 2. The second-order valence-corrected chi connectivity index (χ2v) is 9.02. The van der Waals surface area contributed by atoms with Crippen LogP contribution in [0, 0.1) is 0 Å². The lowest BCUT2D eigenvalue weighted by Crippen LogP contribution is -2.46. The molecule has 178 valence electrons. The van der Waals surface area contributed by atoms with Crippen LogP contribution in [-0.4, -0.2) is 60.9 Å². The van der Waals surface area contributed by atoms with Crippen LogP contribution in [0.2, 0.25) is 0 Å². The number of likely N-dealkylation sites (tertiary alicyclic amines) is 1. The van der Waals surface area contributed by atoms with E-state index in [9.17, 15) is 4.79 Å². The van der Waals surface area contributed by atoms with Crippen LogP contribution in [0.15, 0.2) is 48.8 Å². The van der Waals surface area contributed by atoms with Crippen LogP contribution in [0.25, 0.3) is 0 Å². The third-order valence-corrected chi connectivity index (χ3v) is 6.42. The van der Waals surface area contributed by atoms with E-state index >= 15 is 0 Å². The molecule has 0 radical (unpaired) electrons. The minimum Gasteiger partial charge on any atom is -0.376 e. The average molecular weight is 453 g/mol. The first kappa shape index (κ1) is 23.7. The number of anilines is 1. The van der Waals surface area contributed by atoms with Crippen molar-refractivity contribution in [2.24, 2.45) is 0 Å². The van der Waals surface area contributed by atoms with Gasteiger partial charge in [-0.2, -0.15) is 0 Å². The van der Waals surface area contributed by atoms with Crippen molar-refractivity contribution in [3.63, 3.8) is 0 Å². The Morgan fingerprint density at radius 3 is 2.73 bits per heavy atom. The molecule has 2 aromatic rings. The number of nitrogens with zero attached hydrogens (tertiary/aromatic N) is 2. The first-order valence-electron chi connectivity index (χ1n) is 12.2. The van der Waals surface area contributed by atoms with Crippen molar-refractivity contribution in [3.8, 4) is 0 Å². The highest BCUT2D eigenvalue weighted by Gasteiger charge is 2.20. The van der Waals surface area contributed by atoms with Gasteiger partial charge < -0.3 is 25.0 Å². The zero-order chi connectivity index (χ0) is 22.7. The summed E-state index contributed by atoms with van der Waals surface area (Å²) in [6.45, 7) is 5.05. The summed E-state index contributed by atoms with van der Waals surface area (Å²) in [5.74, 6) is 0. The van der Waals surface area contributed by atoms with Crippen molar-refractivity contribution >= 4 is 11.7 Å². The van der Waals surface area contributed by atoms with Crippen LogP contribution in [-0.2, 0) is 22.5 Å². The zero-order valence-corrected chi connectivity index (χ0v) is 19.4. The Hall–Kier alpha value is -2.48. The van der Waals surface area contributed by atoms with Gasteiger partial charge in [-0.05, 0) is 73.9 Å². The Labute approximate surface area is 196 Å². The predicted molar refractivity (Wildman–Crippen MR) is 129 cm³/mol. The number of hydrogen-bond donors (Lipinski definition) is 2. The molecule has 3 heterocycles. The van der Waals surface area contributed by atoms with E-state index in [0.717, 1.165) is 69.6 Å². The van der Waals surface area contributed by atoms with Crippen molar-refractivity contribution in [3.05, 3.63) is 59.9 Å². The topological polar surface area (TPSA) is 75.7 Å². The van der Waals surface area contributed by atoms with Crippen molar-refractivity contribution in [1.29, 1.82) is 0 Å². The Morgan fingerprint density at radius 2 is 1.94 bits per heavy atom. The molecule has 7 nitrogen and oxygen atoms in total. The molecular weight excluding hydrogens is 416 g/mol. The fraction of sp³-hybridized carbons (Fsp3) is 0.538. The van der Waals surface area contributed by atoms with E-state index in [1.165, 1.54) is 12.0 Å². The molecule has 1 unspecified atom stereocenters. The van der Waals surface area contributed by atoms with E-state index in [1.807, 2.05) is 36.7 Å². The molecule has 7 heteroatoms. The van der Waals surface area contributed by atoms with Crippen molar-refractivity contribution in [2.75, 3.05) is 38.2 Å².